The van der Waals surface area contributed by atoms with Gasteiger partial charge in [-0.2, -0.15) is 4.98 Å². The van der Waals surface area contributed by atoms with Gasteiger partial charge >= 0.3 is 5.69 Å². The average molecular weight is 279 g/mol. The maximum Gasteiger partial charge on any atom is 0.311 e. The van der Waals surface area contributed by atoms with Gasteiger partial charge in [0.2, 0.25) is 11.7 Å². The molecule has 7 heteroatoms. The lowest BCUT2D eigenvalue weighted by Gasteiger charge is -2.32. The summed E-state index contributed by atoms with van der Waals surface area (Å²) in [6.07, 6.45) is 1.64. The number of anilines is 1. The van der Waals surface area contributed by atoms with E-state index in [1.54, 1.807) is 11.8 Å². The lowest BCUT2D eigenvalue weighted by atomic mass is 9.94. The number of pyridine rings is 1. The van der Waals surface area contributed by atoms with Gasteiger partial charge in [0, 0.05) is 31.1 Å². The molecule has 1 aromatic heterocycles. The number of hydrogen-bond donors (Lipinski definition) is 0. The first-order valence-corrected chi connectivity index (χ1v) is 6.47. The first kappa shape index (κ1) is 14.2. The fourth-order valence-electron chi connectivity index (χ4n) is 2.41. The molecule has 1 aliphatic rings. The smallest absolute Gasteiger partial charge is 0.311 e. The summed E-state index contributed by atoms with van der Waals surface area (Å²) >= 11 is 0. The summed E-state index contributed by atoms with van der Waals surface area (Å²) in [5, 5.41) is 11.1. The standard InChI is InChI=1S/C13H17N3O4/c1-9(17)10-4-3-7-15(8-10)13-11(16(18)19)5-6-12(14-13)20-2/h5-6,10H,3-4,7-8H2,1-2H3. The first-order valence-electron chi connectivity index (χ1n) is 6.47. The maximum atomic E-state index is 11.5. The van der Waals surface area contributed by atoms with Gasteiger partial charge in [-0.1, -0.05) is 0 Å². The molecule has 1 fully saturated rings. The molecule has 0 bridgehead atoms. The van der Waals surface area contributed by atoms with Gasteiger partial charge in [-0.05, 0) is 19.8 Å². The molecule has 7 nitrogen and oxygen atoms in total. The molecule has 1 unspecified atom stereocenters. The summed E-state index contributed by atoms with van der Waals surface area (Å²) in [6, 6.07) is 2.85. The van der Waals surface area contributed by atoms with Crippen LogP contribution in [0, 0.1) is 16.0 Å². The van der Waals surface area contributed by atoms with Crippen LogP contribution in [0.4, 0.5) is 11.5 Å². The number of methoxy groups -OCH3 is 1. The quantitative estimate of drug-likeness (QED) is 0.617. The van der Waals surface area contributed by atoms with Crippen LogP contribution in [0.3, 0.4) is 0 Å². The van der Waals surface area contributed by atoms with E-state index in [0.717, 1.165) is 12.8 Å². The normalized spacial score (nSPS) is 18.7. The molecule has 0 amide bonds. The van der Waals surface area contributed by atoms with Gasteiger partial charge in [0.15, 0.2) is 0 Å². The van der Waals surface area contributed by atoms with E-state index >= 15 is 0 Å². The molecular weight excluding hydrogens is 262 g/mol. The van der Waals surface area contributed by atoms with Crippen LogP contribution in [0.15, 0.2) is 12.1 Å². The molecule has 1 atom stereocenters. The Bertz CT molecular complexity index is 532. The molecule has 0 aliphatic carbocycles. The van der Waals surface area contributed by atoms with E-state index in [0.29, 0.717) is 19.0 Å². The summed E-state index contributed by atoms with van der Waals surface area (Å²) in [6.45, 7) is 2.68. The zero-order chi connectivity index (χ0) is 14.7. The molecule has 0 spiro atoms. The zero-order valence-corrected chi connectivity index (χ0v) is 11.5. The minimum atomic E-state index is -0.459. The predicted octanol–water partition coefficient (Wildman–Crippen LogP) is 1.80. The topological polar surface area (TPSA) is 85.6 Å². The van der Waals surface area contributed by atoms with Gasteiger partial charge in [0.1, 0.15) is 5.78 Å². The summed E-state index contributed by atoms with van der Waals surface area (Å²) < 4.78 is 5.03. The third-order valence-electron chi connectivity index (χ3n) is 3.53. The number of ketones is 1. The molecule has 108 valence electrons. The highest BCUT2D eigenvalue weighted by Crippen LogP contribution is 2.31. The van der Waals surface area contributed by atoms with Crippen LogP contribution in [-0.4, -0.2) is 35.9 Å². The van der Waals surface area contributed by atoms with E-state index in [9.17, 15) is 14.9 Å². The highest BCUT2D eigenvalue weighted by Gasteiger charge is 2.29. The van der Waals surface area contributed by atoms with E-state index in [1.165, 1.54) is 19.2 Å². The molecule has 2 rings (SSSR count). The van der Waals surface area contributed by atoms with Crippen LogP contribution >= 0.6 is 0 Å². The molecule has 0 saturated carbocycles. The van der Waals surface area contributed by atoms with E-state index in [2.05, 4.69) is 4.98 Å². The number of carbonyl (C=O) groups excluding carboxylic acids is 1. The minimum Gasteiger partial charge on any atom is -0.481 e. The number of rotatable bonds is 4. The Hall–Kier alpha value is -2.18. The van der Waals surface area contributed by atoms with Crippen molar-refractivity contribution in [1.29, 1.82) is 0 Å². The van der Waals surface area contributed by atoms with Crippen molar-refractivity contribution in [2.24, 2.45) is 5.92 Å². The van der Waals surface area contributed by atoms with Crippen LogP contribution in [0.25, 0.3) is 0 Å². The highest BCUT2D eigenvalue weighted by atomic mass is 16.6. The van der Waals surface area contributed by atoms with Crippen LogP contribution in [0.1, 0.15) is 19.8 Å². The molecule has 0 aromatic carbocycles. The molecule has 0 radical (unpaired) electrons. The van der Waals surface area contributed by atoms with Crippen molar-refractivity contribution in [2.45, 2.75) is 19.8 Å². The number of hydrogen-bond acceptors (Lipinski definition) is 6. The fourth-order valence-corrected chi connectivity index (χ4v) is 2.41. The summed E-state index contributed by atoms with van der Waals surface area (Å²) in [5.74, 6) is 0.632. The van der Waals surface area contributed by atoms with Gasteiger partial charge in [0.25, 0.3) is 0 Å². The summed E-state index contributed by atoms with van der Waals surface area (Å²) in [7, 11) is 1.46. The first-order chi connectivity index (χ1) is 9.52. The SMILES string of the molecule is COc1ccc([N+](=O)[O-])c(N2CCCC(C(C)=O)C2)n1. The summed E-state index contributed by atoms with van der Waals surface area (Å²) in [5.41, 5.74) is -0.0602. The van der Waals surface area contributed by atoms with Crippen molar-refractivity contribution in [2.75, 3.05) is 25.1 Å². The van der Waals surface area contributed by atoms with Crippen molar-refractivity contribution in [3.8, 4) is 5.88 Å². The zero-order valence-electron chi connectivity index (χ0n) is 11.5. The van der Waals surface area contributed by atoms with Gasteiger partial charge < -0.3 is 9.64 Å². The monoisotopic (exact) mass is 279 g/mol. The number of aromatic nitrogens is 1. The van der Waals surface area contributed by atoms with Gasteiger partial charge in [-0.15, -0.1) is 0 Å². The van der Waals surface area contributed by atoms with Crippen molar-refractivity contribution in [3.05, 3.63) is 22.2 Å². The largest absolute Gasteiger partial charge is 0.481 e. The van der Waals surface area contributed by atoms with Crippen molar-refractivity contribution in [1.82, 2.24) is 4.98 Å². The average Bonchev–Trinajstić information content (AvgIpc) is 2.46. The Balaban J connectivity index is 2.34. The lowest BCUT2D eigenvalue weighted by Crippen LogP contribution is -2.38. The Morgan fingerprint density at radius 2 is 2.30 bits per heavy atom. The number of ether oxygens (including phenoxy) is 1. The van der Waals surface area contributed by atoms with Gasteiger partial charge in [-0.25, -0.2) is 0 Å². The number of Topliss-reactive ketones (excluding diaryl/α,β-unsaturated/α-hetero) is 1. The molecule has 1 aromatic rings. The van der Waals surface area contributed by atoms with Gasteiger partial charge in [0.05, 0.1) is 12.0 Å². The van der Waals surface area contributed by atoms with Crippen LogP contribution < -0.4 is 9.64 Å². The highest BCUT2D eigenvalue weighted by molar-refractivity contribution is 5.79. The molecule has 0 N–H and O–H groups in total. The lowest BCUT2D eigenvalue weighted by molar-refractivity contribution is -0.384. The molecule has 1 saturated heterocycles. The van der Waals surface area contributed by atoms with Crippen LogP contribution in [0.5, 0.6) is 5.88 Å². The Morgan fingerprint density at radius 1 is 1.55 bits per heavy atom. The predicted molar refractivity (Wildman–Crippen MR) is 73.1 cm³/mol. The van der Waals surface area contributed by atoms with E-state index in [4.69, 9.17) is 4.74 Å². The number of carbonyl (C=O) groups is 1. The Morgan fingerprint density at radius 3 is 2.90 bits per heavy atom. The second kappa shape index (κ2) is 5.85. The number of nitrogens with zero attached hydrogens (tertiary/aromatic N) is 3. The minimum absolute atomic E-state index is 0.0602. The van der Waals surface area contributed by atoms with Crippen LogP contribution in [0.2, 0.25) is 0 Å². The molecule has 2 heterocycles. The van der Waals surface area contributed by atoms with Crippen LogP contribution in [-0.2, 0) is 4.79 Å². The maximum absolute atomic E-state index is 11.5. The van der Waals surface area contributed by atoms with Crippen molar-refractivity contribution >= 4 is 17.3 Å². The van der Waals surface area contributed by atoms with Crippen molar-refractivity contribution in [3.63, 3.8) is 0 Å². The molecule has 1 aliphatic heterocycles. The number of nitro groups is 1. The van der Waals surface area contributed by atoms with E-state index < -0.39 is 4.92 Å². The third kappa shape index (κ3) is 2.87. The van der Waals surface area contributed by atoms with E-state index in [1.807, 2.05) is 0 Å². The Labute approximate surface area is 116 Å². The molecular formula is C13H17N3O4. The Kier molecular flexibility index (Phi) is 4.16. The number of piperidine rings is 1. The van der Waals surface area contributed by atoms with Crippen molar-refractivity contribution < 1.29 is 14.5 Å². The third-order valence-corrected chi connectivity index (χ3v) is 3.53. The fraction of sp³-hybridized carbons (Fsp3) is 0.538. The second-order valence-corrected chi connectivity index (χ2v) is 4.85. The summed E-state index contributed by atoms with van der Waals surface area (Å²) in [4.78, 5) is 28.1. The molecule has 20 heavy (non-hydrogen) atoms. The second-order valence-electron chi connectivity index (χ2n) is 4.85. The van der Waals surface area contributed by atoms with E-state index in [-0.39, 0.29) is 23.2 Å². The van der Waals surface area contributed by atoms with Gasteiger partial charge in [-0.3, -0.25) is 14.9 Å².